The number of nitrogens with zero attached hydrogens (tertiary/aromatic N) is 5. The van der Waals surface area contributed by atoms with E-state index >= 15 is 0 Å². The van der Waals surface area contributed by atoms with Crippen LogP contribution in [-0.2, 0) is 39.6 Å². The summed E-state index contributed by atoms with van der Waals surface area (Å²) in [6.45, 7) is 0.0344. The lowest BCUT2D eigenvalue weighted by Crippen LogP contribution is -2.21. The van der Waals surface area contributed by atoms with E-state index in [1.54, 1.807) is 47.1 Å². The quantitative estimate of drug-likeness (QED) is 0.148. The number of nitrogens with two attached hydrogens (primary N) is 1. The molecule has 0 atom stereocenters. The summed E-state index contributed by atoms with van der Waals surface area (Å²) in [5.74, 6) is -5.05. The minimum absolute atomic E-state index is 0.0145. The number of anilines is 2. The molecule has 0 aliphatic heterocycles. The number of sulfonamides is 1. The van der Waals surface area contributed by atoms with Crippen LogP contribution in [-0.4, -0.2) is 69.6 Å². The normalized spacial score (nSPS) is 11.8. The summed E-state index contributed by atoms with van der Waals surface area (Å²) in [5, 5.41) is 18.2. The first-order valence-corrected chi connectivity index (χ1v) is 15.2. The highest BCUT2D eigenvalue weighted by molar-refractivity contribution is 7.93. The maximum atomic E-state index is 13.3. The van der Waals surface area contributed by atoms with Gasteiger partial charge in [0.1, 0.15) is 29.7 Å². The van der Waals surface area contributed by atoms with Crippen molar-refractivity contribution in [3.63, 3.8) is 0 Å². The number of carboxylic acid groups (broad SMARTS) is 1. The number of pyridine rings is 1. The molecule has 3 heterocycles. The van der Waals surface area contributed by atoms with E-state index in [2.05, 4.69) is 15.2 Å². The van der Waals surface area contributed by atoms with Crippen molar-refractivity contribution in [3.05, 3.63) is 72.4 Å². The number of aliphatic carboxylic acids is 1. The number of alkyl halides is 2. The highest BCUT2D eigenvalue weighted by atomic mass is 32.2. The van der Waals surface area contributed by atoms with Crippen LogP contribution in [0.25, 0.3) is 33.3 Å². The molecule has 13 nitrogen and oxygen atoms in total. The second-order valence-electron chi connectivity index (χ2n) is 10.0. The molecule has 2 aromatic carbocycles. The molecule has 0 fully saturated rings. The van der Waals surface area contributed by atoms with Crippen molar-refractivity contribution in [1.82, 2.24) is 24.5 Å². The van der Waals surface area contributed by atoms with E-state index in [1.807, 2.05) is 4.72 Å². The molecule has 5 rings (SSSR count). The molecule has 0 bridgehead atoms. The summed E-state index contributed by atoms with van der Waals surface area (Å²) >= 11 is 0. The zero-order valence-corrected chi connectivity index (χ0v) is 25.0. The van der Waals surface area contributed by atoms with Crippen LogP contribution in [0.5, 0.6) is 5.75 Å². The van der Waals surface area contributed by atoms with Crippen molar-refractivity contribution in [3.8, 4) is 28.1 Å². The van der Waals surface area contributed by atoms with Gasteiger partial charge in [-0.15, -0.1) is 0 Å². The van der Waals surface area contributed by atoms with Gasteiger partial charge in [-0.3, -0.25) is 14.1 Å². The smallest absolute Gasteiger partial charge is 0.355 e. The molecule has 0 aliphatic carbocycles. The lowest BCUT2D eigenvalue weighted by Gasteiger charge is -2.15. The summed E-state index contributed by atoms with van der Waals surface area (Å²) in [4.78, 5) is 15.0. The first-order chi connectivity index (χ1) is 21.9. The van der Waals surface area contributed by atoms with Gasteiger partial charge in [0.2, 0.25) is 0 Å². The Bertz CT molecular complexity index is 1980. The van der Waals surface area contributed by atoms with Gasteiger partial charge in [0.25, 0.3) is 10.0 Å². The lowest BCUT2D eigenvalue weighted by molar-refractivity contribution is -0.142. The number of aryl methyl sites for hydroxylation is 1. The van der Waals surface area contributed by atoms with E-state index in [-0.39, 0.29) is 30.5 Å². The molecular formula is C29H28F3N7O6S. The van der Waals surface area contributed by atoms with Crippen molar-refractivity contribution < 1.29 is 41.0 Å². The van der Waals surface area contributed by atoms with Gasteiger partial charge in [-0.25, -0.2) is 22.6 Å². The Morgan fingerprint density at radius 3 is 2.59 bits per heavy atom. The van der Waals surface area contributed by atoms with Crippen LogP contribution in [0.3, 0.4) is 0 Å². The molecule has 0 aliphatic rings. The average Bonchev–Trinajstić information content (AvgIpc) is 3.62. The number of nitrogen functional groups attached to an aromatic ring is 1. The van der Waals surface area contributed by atoms with Crippen molar-refractivity contribution in [2.45, 2.75) is 18.7 Å². The predicted molar refractivity (Wildman–Crippen MR) is 162 cm³/mol. The fourth-order valence-corrected chi connectivity index (χ4v) is 5.26. The fourth-order valence-electron chi connectivity index (χ4n) is 4.69. The highest BCUT2D eigenvalue weighted by Crippen LogP contribution is 2.39. The van der Waals surface area contributed by atoms with Crippen LogP contribution in [0.15, 0.2) is 61.1 Å². The number of hydrogen-bond acceptors (Lipinski definition) is 9. The van der Waals surface area contributed by atoms with E-state index < -0.39 is 34.2 Å². The zero-order valence-electron chi connectivity index (χ0n) is 24.2. The maximum Gasteiger partial charge on any atom is 0.355 e. The van der Waals surface area contributed by atoms with Crippen LogP contribution in [0.1, 0.15) is 5.56 Å². The van der Waals surface area contributed by atoms with Crippen molar-refractivity contribution >= 4 is 38.4 Å². The van der Waals surface area contributed by atoms with Crippen molar-refractivity contribution in [2.24, 2.45) is 7.05 Å². The number of carbonyl (C=O) groups is 1. The van der Waals surface area contributed by atoms with E-state index in [0.29, 0.717) is 46.3 Å². The molecular weight excluding hydrogens is 631 g/mol. The molecule has 4 N–H and O–H groups in total. The Morgan fingerprint density at radius 2 is 1.87 bits per heavy atom. The summed E-state index contributed by atoms with van der Waals surface area (Å²) in [6.07, 6.45) is 5.23. The first kappa shape index (κ1) is 32.2. The third-order valence-corrected chi connectivity index (χ3v) is 7.80. The molecule has 0 spiro atoms. The largest absolute Gasteiger partial charge is 0.491 e. The van der Waals surface area contributed by atoms with Gasteiger partial charge in [0.15, 0.2) is 0 Å². The SMILES string of the molecule is Cn1nc(-c2ccc(NS(=O)(=O)C(F)F)c(OCCc3ccc(F)cc3)c2)c2c(N)ncc(-c3cnn(CCOCC(=O)O)c3)c21. The molecule has 0 amide bonds. The van der Waals surface area contributed by atoms with Crippen LogP contribution < -0.4 is 15.2 Å². The Kier molecular flexibility index (Phi) is 9.43. The van der Waals surface area contributed by atoms with E-state index in [4.69, 9.17) is 20.3 Å². The maximum absolute atomic E-state index is 13.3. The Balaban J connectivity index is 1.49. The number of aromatic nitrogens is 5. The Morgan fingerprint density at radius 1 is 1.11 bits per heavy atom. The molecule has 5 aromatic rings. The number of nitrogens with one attached hydrogen (secondary N) is 1. The fraction of sp³-hybridized carbons (Fsp3) is 0.241. The van der Waals surface area contributed by atoms with E-state index in [1.165, 1.54) is 30.3 Å². The zero-order chi connectivity index (χ0) is 33.0. The molecule has 17 heteroatoms. The van der Waals surface area contributed by atoms with Crippen LogP contribution >= 0.6 is 0 Å². The monoisotopic (exact) mass is 659 g/mol. The van der Waals surface area contributed by atoms with Crippen LogP contribution in [0.2, 0.25) is 0 Å². The van der Waals surface area contributed by atoms with E-state index in [0.717, 1.165) is 5.56 Å². The summed E-state index contributed by atoms with van der Waals surface area (Å²) < 4.78 is 79.7. The third-order valence-electron chi connectivity index (χ3n) is 6.83. The molecule has 3 aromatic heterocycles. The number of benzene rings is 2. The molecule has 0 unspecified atom stereocenters. The third kappa shape index (κ3) is 7.21. The molecule has 0 saturated carbocycles. The first-order valence-electron chi connectivity index (χ1n) is 13.7. The minimum Gasteiger partial charge on any atom is -0.491 e. The van der Waals surface area contributed by atoms with Gasteiger partial charge in [-0.2, -0.15) is 19.0 Å². The summed E-state index contributed by atoms with van der Waals surface area (Å²) in [6, 6.07) is 9.95. The average molecular weight is 660 g/mol. The number of ether oxygens (including phenoxy) is 2. The highest BCUT2D eigenvalue weighted by Gasteiger charge is 2.26. The standard InChI is InChI=1S/C29H28F3N7O6S/c1-38-27-21(19-13-35-39(15-19)9-11-44-16-24(40)41)14-34-28(33)25(27)26(36-38)18-4-7-22(37-46(42,43)29(31)32)23(12-18)45-10-8-17-2-5-20(30)6-3-17/h2-7,12-15,29,37H,8-11,16H2,1H3,(H2,33,34)(H,40,41). The second kappa shape index (κ2) is 13.5. The molecule has 0 saturated heterocycles. The van der Waals surface area contributed by atoms with Crippen molar-refractivity contribution in [1.29, 1.82) is 0 Å². The van der Waals surface area contributed by atoms with Crippen LogP contribution in [0.4, 0.5) is 24.7 Å². The topological polar surface area (TPSA) is 176 Å². The van der Waals surface area contributed by atoms with Crippen molar-refractivity contribution in [2.75, 3.05) is 30.3 Å². The van der Waals surface area contributed by atoms with Crippen LogP contribution in [0, 0.1) is 5.82 Å². The number of halogens is 3. The summed E-state index contributed by atoms with van der Waals surface area (Å²) in [7, 11) is -3.31. The van der Waals surface area contributed by atoms with E-state index in [9.17, 15) is 26.4 Å². The predicted octanol–water partition coefficient (Wildman–Crippen LogP) is 3.91. The Labute approximate surface area is 260 Å². The summed E-state index contributed by atoms with van der Waals surface area (Å²) in [5.41, 5.74) is 9.56. The van der Waals surface area contributed by atoms with Gasteiger partial charge >= 0.3 is 11.7 Å². The number of hydrogen-bond donors (Lipinski definition) is 3. The number of fused-ring (bicyclic) bond motifs is 1. The van der Waals surface area contributed by atoms with Gasteiger partial charge < -0.3 is 20.3 Å². The van der Waals surface area contributed by atoms with Gasteiger partial charge in [-0.05, 0) is 29.8 Å². The Hall–Kier alpha value is -5.16. The second-order valence-corrected chi connectivity index (χ2v) is 11.7. The molecule has 46 heavy (non-hydrogen) atoms. The number of rotatable bonds is 14. The lowest BCUT2D eigenvalue weighted by atomic mass is 10.0. The number of carboxylic acids is 1. The van der Waals surface area contributed by atoms with Gasteiger partial charge in [0, 0.05) is 42.6 Å². The molecule has 0 radical (unpaired) electrons. The van der Waals surface area contributed by atoms with Gasteiger partial charge in [0.05, 0.1) is 42.5 Å². The molecule has 242 valence electrons. The van der Waals surface area contributed by atoms with Gasteiger partial charge in [-0.1, -0.05) is 18.2 Å². The minimum atomic E-state index is -5.01.